The smallest absolute Gasteiger partial charge is 0.0762 e. The van der Waals surface area contributed by atoms with Crippen molar-refractivity contribution in [3.05, 3.63) is 24.3 Å². The molecule has 0 radical (unpaired) electrons. The normalized spacial score (nSPS) is 33.3. The summed E-state index contributed by atoms with van der Waals surface area (Å²) >= 11 is 0. The van der Waals surface area contributed by atoms with Crippen LogP contribution in [-0.4, -0.2) is 25.4 Å². The molecule has 2 nitrogen and oxygen atoms in total. The first-order chi connectivity index (χ1) is 5.95. The predicted octanol–water partition coefficient (Wildman–Crippen LogP) is 1.68. The van der Waals surface area contributed by atoms with E-state index in [1.807, 2.05) is 0 Å². The van der Waals surface area contributed by atoms with Crippen molar-refractivity contribution >= 4 is 0 Å². The van der Waals surface area contributed by atoms with E-state index >= 15 is 0 Å². The standard InChI is InChI=1S/C10H14O2/c1-3-9(11-7-1)5-6-10-4-2-8-12-10/h1-4,9-10H,5-8H2/t9-,10+. The summed E-state index contributed by atoms with van der Waals surface area (Å²) < 4.78 is 10.8. The Hall–Kier alpha value is -0.600. The van der Waals surface area contributed by atoms with Gasteiger partial charge in [-0.3, -0.25) is 0 Å². The van der Waals surface area contributed by atoms with Gasteiger partial charge in [-0.1, -0.05) is 24.3 Å². The van der Waals surface area contributed by atoms with Crippen LogP contribution < -0.4 is 0 Å². The summed E-state index contributed by atoms with van der Waals surface area (Å²) in [6.45, 7) is 1.57. The molecule has 0 N–H and O–H groups in total. The van der Waals surface area contributed by atoms with Gasteiger partial charge in [0.25, 0.3) is 0 Å². The van der Waals surface area contributed by atoms with E-state index in [1.165, 1.54) is 0 Å². The van der Waals surface area contributed by atoms with Gasteiger partial charge in [0.05, 0.1) is 25.4 Å². The monoisotopic (exact) mass is 166 g/mol. The summed E-state index contributed by atoms with van der Waals surface area (Å²) in [6.07, 6.45) is 11.3. The summed E-state index contributed by atoms with van der Waals surface area (Å²) in [6, 6.07) is 0. The maximum atomic E-state index is 5.42. The van der Waals surface area contributed by atoms with Crippen molar-refractivity contribution in [3.63, 3.8) is 0 Å². The molecule has 0 aliphatic carbocycles. The highest BCUT2D eigenvalue weighted by Crippen LogP contribution is 2.15. The lowest BCUT2D eigenvalue weighted by Crippen LogP contribution is -2.11. The van der Waals surface area contributed by atoms with E-state index in [-0.39, 0.29) is 0 Å². The van der Waals surface area contributed by atoms with E-state index in [1.54, 1.807) is 0 Å². The lowest BCUT2D eigenvalue weighted by Gasteiger charge is -2.11. The van der Waals surface area contributed by atoms with Crippen molar-refractivity contribution in [1.82, 2.24) is 0 Å². The Bertz CT molecular complexity index is 174. The Labute approximate surface area is 72.9 Å². The minimum absolute atomic E-state index is 0.336. The summed E-state index contributed by atoms with van der Waals surface area (Å²) in [5, 5.41) is 0. The summed E-state index contributed by atoms with van der Waals surface area (Å²) in [5.41, 5.74) is 0. The van der Waals surface area contributed by atoms with Crippen LogP contribution in [0.5, 0.6) is 0 Å². The largest absolute Gasteiger partial charge is 0.370 e. The molecule has 12 heavy (non-hydrogen) atoms. The first-order valence-corrected chi connectivity index (χ1v) is 4.52. The highest BCUT2D eigenvalue weighted by atomic mass is 16.5. The molecular formula is C10H14O2. The molecule has 2 aliphatic rings. The van der Waals surface area contributed by atoms with Gasteiger partial charge in [-0.25, -0.2) is 0 Å². The Morgan fingerprint density at radius 1 is 0.917 bits per heavy atom. The van der Waals surface area contributed by atoms with Crippen LogP contribution in [0.4, 0.5) is 0 Å². The van der Waals surface area contributed by atoms with Gasteiger partial charge < -0.3 is 9.47 Å². The molecule has 0 fully saturated rings. The second-order valence-electron chi connectivity index (χ2n) is 3.18. The topological polar surface area (TPSA) is 18.5 Å². The van der Waals surface area contributed by atoms with Crippen LogP contribution in [0.1, 0.15) is 12.8 Å². The van der Waals surface area contributed by atoms with Crippen molar-refractivity contribution in [2.24, 2.45) is 0 Å². The SMILES string of the molecule is C1=C[C@H](CC[C@@H]2C=CCO2)OC1. The zero-order valence-electron chi connectivity index (χ0n) is 7.11. The van der Waals surface area contributed by atoms with Crippen molar-refractivity contribution < 1.29 is 9.47 Å². The van der Waals surface area contributed by atoms with Crippen LogP contribution in [0.25, 0.3) is 0 Å². The minimum atomic E-state index is 0.336. The Kier molecular flexibility index (Phi) is 2.59. The molecule has 0 saturated heterocycles. The quantitative estimate of drug-likeness (QED) is 0.594. The summed E-state index contributed by atoms with van der Waals surface area (Å²) in [4.78, 5) is 0. The van der Waals surface area contributed by atoms with Crippen molar-refractivity contribution in [1.29, 1.82) is 0 Å². The molecule has 0 bridgehead atoms. The fraction of sp³-hybridized carbons (Fsp3) is 0.600. The van der Waals surface area contributed by atoms with Crippen molar-refractivity contribution in [2.75, 3.05) is 13.2 Å². The van der Waals surface area contributed by atoms with E-state index in [0.717, 1.165) is 26.1 Å². The van der Waals surface area contributed by atoms with Crippen molar-refractivity contribution in [2.45, 2.75) is 25.0 Å². The lowest BCUT2D eigenvalue weighted by atomic mass is 10.1. The van der Waals surface area contributed by atoms with Gasteiger partial charge in [-0.05, 0) is 12.8 Å². The molecule has 0 aromatic heterocycles. The average molecular weight is 166 g/mol. The molecule has 66 valence electrons. The predicted molar refractivity (Wildman–Crippen MR) is 47.0 cm³/mol. The van der Waals surface area contributed by atoms with Gasteiger partial charge in [0.15, 0.2) is 0 Å². The molecule has 0 aromatic rings. The first kappa shape index (κ1) is 8.02. The fourth-order valence-corrected chi connectivity index (χ4v) is 1.57. The van der Waals surface area contributed by atoms with Gasteiger partial charge >= 0.3 is 0 Å². The van der Waals surface area contributed by atoms with E-state index in [2.05, 4.69) is 24.3 Å². The van der Waals surface area contributed by atoms with Gasteiger partial charge in [0.1, 0.15) is 0 Å². The molecule has 2 aliphatic heterocycles. The molecule has 0 spiro atoms. The second kappa shape index (κ2) is 3.87. The van der Waals surface area contributed by atoms with Crippen LogP contribution in [0.2, 0.25) is 0 Å². The van der Waals surface area contributed by atoms with E-state index in [0.29, 0.717) is 12.2 Å². The third-order valence-electron chi connectivity index (χ3n) is 2.25. The van der Waals surface area contributed by atoms with E-state index in [4.69, 9.17) is 9.47 Å². The molecule has 0 amide bonds. The highest BCUT2D eigenvalue weighted by Gasteiger charge is 2.14. The number of hydrogen-bond acceptors (Lipinski definition) is 2. The third kappa shape index (κ3) is 1.96. The van der Waals surface area contributed by atoms with Crippen LogP contribution >= 0.6 is 0 Å². The number of ether oxygens (including phenoxy) is 2. The molecule has 2 heteroatoms. The van der Waals surface area contributed by atoms with Gasteiger partial charge in [0, 0.05) is 0 Å². The van der Waals surface area contributed by atoms with Gasteiger partial charge in [-0.15, -0.1) is 0 Å². The Morgan fingerprint density at radius 3 is 1.75 bits per heavy atom. The van der Waals surface area contributed by atoms with Gasteiger partial charge in [0.2, 0.25) is 0 Å². The fourth-order valence-electron chi connectivity index (χ4n) is 1.57. The number of hydrogen-bond donors (Lipinski definition) is 0. The Balaban J connectivity index is 1.67. The third-order valence-corrected chi connectivity index (χ3v) is 2.25. The van der Waals surface area contributed by atoms with Crippen LogP contribution in [-0.2, 0) is 9.47 Å². The van der Waals surface area contributed by atoms with Crippen LogP contribution in [0.15, 0.2) is 24.3 Å². The molecule has 0 aromatic carbocycles. The van der Waals surface area contributed by atoms with Crippen molar-refractivity contribution in [3.8, 4) is 0 Å². The highest BCUT2D eigenvalue weighted by molar-refractivity contribution is 4.99. The first-order valence-electron chi connectivity index (χ1n) is 4.52. The van der Waals surface area contributed by atoms with E-state index < -0.39 is 0 Å². The molecule has 0 saturated carbocycles. The Morgan fingerprint density at radius 2 is 1.42 bits per heavy atom. The zero-order valence-corrected chi connectivity index (χ0v) is 7.11. The summed E-state index contributed by atoms with van der Waals surface area (Å²) in [7, 11) is 0. The van der Waals surface area contributed by atoms with E-state index in [9.17, 15) is 0 Å². The lowest BCUT2D eigenvalue weighted by molar-refractivity contribution is 0.0840. The van der Waals surface area contributed by atoms with Crippen LogP contribution in [0.3, 0.4) is 0 Å². The molecule has 2 rings (SSSR count). The maximum Gasteiger partial charge on any atom is 0.0762 e. The summed E-state index contributed by atoms with van der Waals surface area (Å²) in [5.74, 6) is 0. The molecule has 2 heterocycles. The average Bonchev–Trinajstić information content (AvgIpc) is 2.74. The van der Waals surface area contributed by atoms with Gasteiger partial charge in [-0.2, -0.15) is 0 Å². The zero-order chi connectivity index (χ0) is 8.23. The number of rotatable bonds is 3. The maximum absolute atomic E-state index is 5.42. The minimum Gasteiger partial charge on any atom is -0.370 e. The molecule has 0 unspecified atom stereocenters. The van der Waals surface area contributed by atoms with Crippen LogP contribution in [0, 0.1) is 0 Å². The second-order valence-corrected chi connectivity index (χ2v) is 3.18. The molecule has 2 atom stereocenters. The molecular weight excluding hydrogens is 152 g/mol.